The fourth-order valence-corrected chi connectivity index (χ4v) is 3.79. The van der Waals surface area contributed by atoms with Gasteiger partial charge in [0.15, 0.2) is 28.8 Å². The van der Waals surface area contributed by atoms with Gasteiger partial charge in [0, 0.05) is 30.6 Å². The van der Waals surface area contributed by atoms with Gasteiger partial charge < -0.3 is 36.3 Å². The molecular weight excluding hydrogens is 370 g/mol. The van der Waals surface area contributed by atoms with Crippen LogP contribution >= 0.6 is 0 Å². The minimum absolute atomic E-state index is 0. The largest absolute Gasteiger partial charge is 1.00 e. The monoisotopic (exact) mass is 389 g/mol. The first-order valence-corrected chi connectivity index (χ1v) is 8.73. The highest BCUT2D eigenvalue weighted by Gasteiger charge is 2.26. The molecule has 0 atom stereocenters. The Morgan fingerprint density at radius 2 is 1.70 bits per heavy atom. The molecule has 0 aromatic heterocycles. The molecule has 0 bridgehead atoms. The second kappa shape index (κ2) is 6.94. The Balaban J connectivity index is 0.00000112. The first-order chi connectivity index (χ1) is 12.7. The van der Waals surface area contributed by atoms with Crippen molar-refractivity contribution in [3.05, 3.63) is 46.5 Å². The van der Waals surface area contributed by atoms with Gasteiger partial charge in [0.1, 0.15) is 0 Å². The summed E-state index contributed by atoms with van der Waals surface area (Å²) in [4.78, 5) is 15.3. The second-order valence-corrected chi connectivity index (χ2v) is 6.89. The number of fused-ring (bicyclic) bond motifs is 5. The Morgan fingerprint density at radius 3 is 2.56 bits per heavy atom. The van der Waals surface area contributed by atoms with Gasteiger partial charge in [-0.1, -0.05) is 6.07 Å². The van der Waals surface area contributed by atoms with E-state index in [0.29, 0.717) is 17.7 Å². The SMILES string of the molecule is CN1CCc2cc3c(cc2C(=O)Cc2ccc4c(c2C1)OCO4)OCO3.[Cl-].[H+]. The lowest BCUT2D eigenvalue weighted by Crippen LogP contribution is -3.00. The molecule has 3 aliphatic heterocycles. The third kappa shape index (κ3) is 3.09. The van der Waals surface area contributed by atoms with Gasteiger partial charge in [-0.2, -0.15) is 0 Å². The molecule has 6 nitrogen and oxygen atoms in total. The summed E-state index contributed by atoms with van der Waals surface area (Å²) in [6.45, 7) is 1.98. The molecule has 27 heavy (non-hydrogen) atoms. The number of hydrogen-bond acceptors (Lipinski definition) is 6. The van der Waals surface area contributed by atoms with Crippen molar-refractivity contribution in [1.82, 2.24) is 4.90 Å². The van der Waals surface area contributed by atoms with Crippen molar-refractivity contribution in [3.63, 3.8) is 0 Å². The van der Waals surface area contributed by atoms with Crippen LogP contribution in [0, 0.1) is 0 Å². The van der Waals surface area contributed by atoms with Gasteiger partial charge in [-0.25, -0.2) is 0 Å². The van der Waals surface area contributed by atoms with E-state index in [0.717, 1.165) is 53.4 Å². The van der Waals surface area contributed by atoms with Crippen molar-refractivity contribution in [2.24, 2.45) is 0 Å². The van der Waals surface area contributed by atoms with E-state index >= 15 is 0 Å². The van der Waals surface area contributed by atoms with Crippen molar-refractivity contribution >= 4 is 5.78 Å². The number of ether oxygens (including phenoxy) is 4. The predicted octanol–water partition coefficient (Wildman–Crippen LogP) is -0.326. The zero-order valence-electron chi connectivity index (χ0n) is 15.9. The Kier molecular flexibility index (Phi) is 4.61. The molecule has 0 saturated carbocycles. The van der Waals surface area contributed by atoms with Crippen LogP contribution in [-0.4, -0.2) is 37.9 Å². The van der Waals surface area contributed by atoms with Crippen LogP contribution < -0.4 is 31.4 Å². The van der Waals surface area contributed by atoms with Gasteiger partial charge in [0.25, 0.3) is 0 Å². The first-order valence-electron chi connectivity index (χ1n) is 8.73. The minimum Gasteiger partial charge on any atom is -1.00 e. The van der Waals surface area contributed by atoms with E-state index in [1.165, 1.54) is 0 Å². The number of ketones is 1. The number of Topliss-reactive ketones (excluding diaryl/α,β-unsaturated/α-hetero) is 1. The molecular formula is C20H20ClNO5. The zero-order chi connectivity index (χ0) is 17.7. The summed E-state index contributed by atoms with van der Waals surface area (Å²) >= 11 is 0. The van der Waals surface area contributed by atoms with E-state index in [4.69, 9.17) is 18.9 Å². The third-order valence-corrected chi connectivity index (χ3v) is 5.18. The van der Waals surface area contributed by atoms with Crippen LogP contribution in [0.2, 0.25) is 0 Å². The zero-order valence-corrected chi connectivity index (χ0v) is 15.7. The van der Waals surface area contributed by atoms with E-state index in [1.54, 1.807) is 0 Å². The van der Waals surface area contributed by atoms with Crippen LogP contribution in [0.25, 0.3) is 0 Å². The highest BCUT2D eigenvalue weighted by atomic mass is 35.5. The number of carbonyl (C=O) groups is 1. The van der Waals surface area contributed by atoms with Gasteiger partial charge in [-0.3, -0.25) is 4.79 Å². The Hall–Kier alpha value is -2.44. The smallest absolute Gasteiger partial charge is 1.00 e. The van der Waals surface area contributed by atoms with Crippen LogP contribution in [0.1, 0.15) is 28.5 Å². The molecule has 0 amide bonds. The number of likely N-dealkylation sites (N-methyl/N-ethyl adjacent to an activating group) is 1. The van der Waals surface area contributed by atoms with Crippen LogP contribution in [0.5, 0.6) is 23.0 Å². The van der Waals surface area contributed by atoms with Gasteiger partial charge in [-0.15, -0.1) is 0 Å². The average molecular weight is 390 g/mol. The summed E-state index contributed by atoms with van der Waals surface area (Å²) < 4.78 is 22.1. The molecule has 142 valence electrons. The summed E-state index contributed by atoms with van der Waals surface area (Å²) in [7, 11) is 2.08. The van der Waals surface area contributed by atoms with Crippen molar-refractivity contribution in [3.8, 4) is 23.0 Å². The van der Waals surface area contributed by atoms with Crippen LogP contribution in [0.15, 0.2) is 24.3 Å². The molecule has 5 rings (SSSR count). The average Bonchev–Trinajstić information content (AvgIpc) is 3.28. The summed E-state index contributed by atoms with van der Waals surface area (Å²) in [5.74, 6) is 2.98. The standard InChI is InChI=1S/C20H19NO5.ClH/c1-21-5-4-13-7-18-19(25-10-24-18)8-14(13)16(22)6-12-2-3-17-20(15(12)9-21)26-11-23-17;/h2-3,7-8H,4-6,9-11H2,1H3;1H. The molecule has 0 unspecified atom stereocenters. The van der Waals surface area contributed by atoms with Gasteiger partial charge in [0.05, 0.1) is 0 Å². The van der Waals surface area contributed by atoms with Gasteiger partial charge in [0.2, 0.25) is 13.6 Å². The quantitative estimate of drug-likeness (QED) is 0.615. The maximum absolute atomic E-state index is 13.1. The topological polar surface area (TPSA) is 57.2 Å². The maximum Gasteiger partial charge on any atom is 1.00 e. The molecule has 0 spiro atoms. The lowest BCUT2D eigenvalue weighted by atomic mass is 9.92. The predicted molar refractivity (Wildman–Crippen MR) is 94.3 cm³/mol. The number of benzene rings is 2. The van der Waals surface area contributed by atoms with E-state index in [9.17, 15) is 4.79 Å². The van der Waals surface area contributed by atoms with Crippen molar-refractivity contribution < 1.29 is 37.6 Å². The minimum atomic E-state index is 0. The van der Waals surface area contributed by atoms with E-state index in [2.05, 4.69) is 11.9 Å². The number of rotatable bonds is 0. The lowest BCUT2D eigenvalue weighted by molar-refractivity contribution is -0.0000162. The second-order valence-electron chi connectivity index (χ2n) is 6.89. The van der Waals surface area contributed by atoms with Gasteiger partial charge in [-0.05, 0) is 42.8 Å². The number of halogens is 1. The molecule has 0 aliphatic carbocycles. The Morgan fingerprint density at radius 1 is 0.963 bits per heavy atom. The molecule has 0 fully saturated rings. The fourth-order valence-electron chi connectivity index (χ4n) is 3.79. The molecule has 0 saturated heterocycles. The van der Waals surface area contributed by atoms with Crippen LogP contribution in [0.4, 0.5) is 0 Å². The van der Waals surface area contributed by atoms with E-state index in [-0.39, 0.29) is 33.2 Å². The first kappa shape index (κ1) is 17.9. The van der Waals surface area contributed by atoms with Crippen molar-refractivity contribution in [1.29, 1.82) is 0 Å². The molecule has 2 aromatic carbocycles. The molecule has 3 heterocycles. The molecule has 0 N–H and O–H groups in total. The van der Waals surface area contributed by atoms with E-state index < -0.39 is 0 Å². The summed E-state index contributed by atoms with van der Waals surface area (Å²) in [5.41, 5.74) is 3.75. The summed E-state index contributed by atoms with van der Waals surface area (Å²) in [6, 6.07) is 7.64. The summed E-state index contributed by atoms with van der Waals surface area (Å²) in [5, 5.41) is 0. The molecule has 0 radical (unpaired) electrons. The molecule has 7 heteroatoms. The van der Waals surface area contributed by atoms with Crippen LogP contribution in [-0.2, 0) is 19.4 Å². The number of hydrogen-bond donors (Lipinski definition) is 0. The summed E-state index contributed by atoms with van der Waals surface area (Å²) in [6.07, 6.45) is 1.10. The van der Waals surface area contributed by atoms with Crippen LogP contribution in [0.3, 0.4) is 0 Å². The maximum atomic E-state index is 13.1. The Labute approximate surface area is 164 Å². The molecule has 3 aliphatic rings. The van der Waals surface area contributed by atoms with E-state index in [1.807, 2.05) is 24.3 Å². The Bertz CT molecular complexity index is 920. The highest BCUT2D eigenvalue weighted by molar-refractivity contribution is 6.00. The van der Waals surface area contributed by atoms with Crippen molar-refractivity contribution in [2.45, 2.75) is 19.4 Å². The molecule has 2 aromatic rings. The lowest BCUT2D eigenvalue weighted by Gasteiger charge is -2.22. The highest BCUT2D eigenvalue weighted by Crippen LogP contribution is 2.40. The normalized spacial score (nSPS) is 17.7. The van der Waals surface area contributed by atoms with Crippen molar-refractivity contribution in [2.75, 3.05) is 27.2 Å². The number of nitrogens with zero attached hydrogens (tertiary/aromatic N) is 1. The number of carbonyl (C=O) groups excluding carboxylic acids is 1. The fraction of sp³-hybridized carbons (Fsp3) is 0.350. The third-order valence-electron chi connectivity index (χ3n) is 5.18. The van der Waals surface area contributed by atoms with Gasteiger partial charge >= 0.3 is 1.43 Å².